The summed E-state index contributed by atoms with van der Waals surface area (Å²) in [5.41, 5.74) is 3.98. The second-order valence-electron chi connectivity index (χ2n) is 6.45. The standard InChI is InChI=1S/C19H26N2O2/c1-3-4-8-18(19(22)23-2)20-13-10-11-17-15(12-13)14-7-5-6-9-16(14)21-17/h5-7,9,13,18,20-21H,3-4,8,10-12H2,1-2H3. The van der Waals surface area contributed by atoms with E-state index in [1.165, 1.54) is 29.3 Å². The van der Waals surface area contributed by atoms with Gasteiger partial charge in [0.05, 0.1) is 7.11 Å². The van der Waals surface area contributed by atoms with Crippen LogP contribution >= 0.6 is 0 Å². The zero-order chi connectivity index (χ0) is 16.2. The van der Waals surface area contributed by atoms with Crippen molar-refractivity contribution in [2.24, 2.45) is 0 Å². The van der Waals surface area contributed by atoms with Gasteiger partial charge >= 0.3 is 5.97 Å². The fraction of sp³-hybridized carbons (Fsp3) is 0.526. The summed E-state index contributed by atoms with van der Waals surface area (Å²) in [5, 5.41) is 4.87. The van der Waals surface area contributed by atoms with Crippen LogP contribution in [0.3, 0.4) is 0 Å². The summed E-state index contributed by atoms with van der Waals surface area (Å²) in [7, 11) is 1.47. The van der Waals surface area contributed by atoms with Gasteiger partial charge < -0.3 is 15.0 Å². The predicted molar refractivity (Wildman–Crippen MR) is 92.6 cm³/mol. The third-order valence-corrected chi connectivity index (χ3v) is 4.86. The molecule has 23 heavy (non-hydrogen) atoms. The molecule has 3 rings (SSSR count). The zero-order valence-corrected chi connectivity index (χ0v) is 14.0. The maximum atomic E-state index is 12.0. The molecule has 1 heterocycles. The Bertz CT molecular complexity index is 677. The highest BCUT2D eigenvalue weighted by molar-refractivity contribution is 5.85. The number of H-pyrrole nitrogens is 1. The number of fused-ring (bicyclic) bond motifs is 3. The number of methoxy groups -OCH3 is 1. The number of carbonyl (C=O) groups excluding carboxylic acids is 1. The monoisotopic (exact) mass is 314 g/mol. The average Bonchev–Trinajstić information content (AvgIpc) is 2.96. The van der Waals surface area contributed by atoms with E-state index in [0.29, 0.717) is 6.04 Å². The fourth-order valence-electron chi connectivity index (χ4n) is 3.62. The Labute approximate surface area is 137 Å². The van der Waals surface area contributed by atoms with Crippen molar-refractivity contribution >= 4 is 16.9 Å². The Balaban J connectivity index is 1.74. The second-order valence-corrected chi connectivity index (χ2v) is 6.45. The number of esters is 1. The van der Waals surface area contributed by atoms with Crippen LogP contribution < -0.4 is 5.32 Å². The molecule has 0 radical (unpaired) electrons. The summed E-state index contributed by atoms with van der Waals surface area (Å²) in [5.74, 6) is -0.136. The molecule has 0 fully saturated rings. The van der Waals surface area contributed by atoms with Crippen LogP contribution in [0.15, 0.2) is 24.3 Å². The highest BCUT2D eigenvalue weighted by atomic mass is 16.5. The number of rotatable bonds is 6. The molecule has 0 amide bonds. The summed E-state index contributed by atoms with van der Waals surface area (Å²) in [4.78, 5) is 15.5. The first-order valence-corrected chi connectivity index (χ1v) is 8.65. The van der Waals surface area contributed by atoms with Crippen LogP contribution in [0.1, 0.15) is 43.9 Å². The highest BCUT2D eigenvalue weighted by Gasteiger charge is 2.27. The molecule has 2 aromatic rings. The van der Waals surface area contributed by atoms with Crippen LogP contribution in [-0.2, 0) is 22.4 Å². The highest BCUT2D eigenvalue weighted by Crippen LogP contribution is 2.29. The van der Waals surface area contributed by atoms with Crippen molar-refractivity contribution in [3.8, 4) is 0 Å². The van der Waals surface area contributed by atoms with E-state index >= 15 is 0 Å². The minimum absolute atomic E-state index is 0.136. The second kappa shape index (κ2) is 7.18. The number of unbranched alkanes of at least 4 members (excludes halogenated alkanes) is 1. The summed E-state index contributed by atoms with van der Waals surface area (Å²) in [6.45, 7) is 2.15. The summed E-state index contributed by atoms with van der Waals surface area (Å²) < 4.78 is 4.97. The number of nitrogens with one attached hydrogen (secondary N) is 2. The Morgan fingerprint density at radius 1 is 1.43 bits per heavy atom. The van der Waals surface area contributed by atoms with Gasteiger partial charge in [0.25, 0.3) is 0 Å². The summed E-state index contributed by atoms with van der Waals surface area (Å²) in [6, 6.07) is 8.62. The van der Waals surface area contributed by atoms with Crippen molar-refractivity contribution in [3.63, 3.8) is 0 Å². The number of aromatic amines is 1. The van der Waals surface area contributed by atoms with E-state index in [9.17, 15) is 4.79 Å². The quantitative estimate of drug-likeness (QED) is 0.804. The maximum absolute atomic E-state index is 12.0. The Morgan fingerprint density at radius 2 is 2.26 bits per heavy atom. The molecular weight excluding hydrogens is 288 g/mol. The average molecular weight is 314 g/mol. The van der Waals surface area contributed by atoms with E-state index in [2.05, 4.69) is 41.5 Å². The fourth-order valence-corrected chi connectivity index (χ4v) is 3.62. The molecule has 0 aliphatic heterocycles. The summed E-state index contributed by atoms with van der Waals surface area (Å²) in [6.07, 6.45) is 6.03. The molecule has 0 spiro atoms. The summed E-state index contributed by atoms with van der Waals surface area (Å²) >= 11 is 0. The molecule has 1 aliphatic rings. The van der Waals surface area contributed by atoms with Crippen LogP contribution in [0.25, 0.3) is 10.9 Å². The van der Waals surface area contributed by atoms with E-state index < -0.39 is 0 Å². The Morgan fingerprint density at radius 3 is 3.04 bits per heavy atom. The molecular formula is C19H26N2O2. The number of hydrogen-bond acceptors (Lipinski definition) is 3. The van der Waals surface area contributed by atoms with E-state index in [1.807, 2.05) is 0 Å². The normalized spacial score (nSPS) is 18.6. The van der Waals surface area contributed by atoms with Crippen LogP contribution in [0.5, 0.6) is 0 Å². The molecule has 1 aliphatic carbocycles. The number of para-hydroxylation sites is 1. The molecule has 2 atom stereocenters. The van der Waals surface area contributed by atoms with Gasteiger partial charge in [-0.25, -0.2) is 0 Å². The molecule has 1 aromatic carbocycles. The third kappa shape index (κ3) is 3.42. The third-order valence-electron chi connectivity index (χ3n) is 4.86. The van der Waals surface area contributed by atoms with Crippen LogP contribution in [-0.4, -0.2) is 30.1 Å². The van der Waals surface area contributed by atoms with Crippen molar-refractivity contribution in [1.82, 2.24) is 10.3 Å². The topological polar surface area (TPSA) is 54.1 Å². The van der Waals surface area contributed by atoms with Crippen molar-refractivity contribution < 1.29 is 9.53 Å². The van der Waals surface area contributed by atoms with Gasteiger partial charge in [0.15, 0.2) is 0 Å². The molecule has 4 nitrogen and oxygen atoms in total. The van der Waals surface area contributed by atoms with Gasteiger partial charge in [-0.3, -0.25) is 4.79 Å². The number of hydrogen-bond donors (Lipinski definition) is 2. The number of ether oxygens (including phenoxy) is 1. The van der Waals surface area contributed by atoms with Crippen LogP contribution in [0.4, 0.5) is 0 Å². The van der Waals surface area contributed by atoms with Crippen LogP contribution in [0, 0.1) is 0 Å². The van der Waals surface area contributed by atoms with Crippen molar-refractivity contribution in [2.75, 3.05) is 7.11 Å². The Kier molecular flexibility index (Phi) is 5.01. The first-order valence-electron chi connectivity index (χ1n) is 8.65. The molecule has 4 heteroatoms. The number of aryl methyl sites for hydroxylation is 1. The van der Waals surface area contributed by atoms with Gasteiger partial charge in [-0.1, -0.05) is 38.0 Å². The van der Waals surface area contributed by atoms with E-state index in [4.69, 9.17) is 4.74 Å². The lowest BCUT2D eigenvalue weighted by Crippen LogP contribution is -2.46. The Hall–Kier alpha value is -1.81. The van der Waals surface area contributed by atoms with E-state index in [-0.39, 0.29) is 12.0 Å². The smallest absolute Gasteiger partial charge is 0.322 e. The maximum Gasteiger partial charge on any atom is 0.322 e. The van der Waals surface area contributed by atoms with Crippen molar-refractivity contribution in [1.29, 1.82) is 0 Å². The molecule has 124 valence electrons. The number of aromatic nitrogens is 1. The van der Waals surface area contributed by atoms with Gasteiger partial charge in [-0.15, -0.1) is 0 Å². The minimum atomic E-state index is -0.184. The lowest BCUT2D eigenvalue weighted by atomic mass is 9.90. The lowest BCUT2D eigenvalue weighted by molar-refractivity contribution is -0.143. The zero-order valence-electron chi connectivity index (χ0n) is 14.0. The molecule has 0 bridgehead atoms. The van der Waals surface area contributed by atoms with Crippen molar-refractivity contribution in [3.05, 3.63) is 35.5 Å². The molecule has 0 saturated carbocycles. The molecule has 1 aromatic heterocycles. The molecule has 0 saturated heterocycles. The van der Waals surface area contributed by atoms with E-state index in [0.717, 1.165) is 38.5 Å². The van der Waals surface area contributed by atoms with Gasteiger partial charge in [-0.05, 0) is 37.3 Å². The van der Waals surface area contributed by atoms with Gasteiger partial charge in [-0.2, -0.15) is 0 Å². The number of carbonyl (C=O) groups is 1. The molecule has 2 unspecified atom stereocenters. The first-order chi connectivity index (χ1) is 11.2. The van der Waals surface area contributed by atoms with Gasteiger partial charge in [0.1, 0.15) is 6.04 Å². The van der Waals surface area contributed by atoms with Gasteiger partial charge in [0, 0.05) is 22.6 Å². The van der Waals surface area contributed by atoms with Crippen molar-refractivity contribution in [2.45, 2.75) is 57.5 Å². The van der Waals surface area contributed by atoms with Crippen LogP contribution in [0.2, 0.25) is 0 Å². The number of benzene rings is 1. The van der Waals surface area contributed by atoms with E-state index in [1.54, 1.807) is 0 Å². The first kappa shape index (κ1) is 16.1. The van der Waals surface area contributed by atoms with Gasteiger partial charge in [0.2, 0.25) is 0 Å². The lowest BCUT2D eigenvalue weighted by Gasteiger charge is -2.27. The predicted octanol–water partition coefficient (Wildman–Crippen LogP) is 3.35. The minimum Gasteiger partial charge on any atom is -0.468 e. The largest absolute Gasteiger partial charge is 0.468 e. The molecule has 2 N–H and O–H groups in total. The SMILES string of the molecule is CCCCC(NC1CCc2[nH]c3ccccc3c2C1)C(=O)OC.